The Labute approximate surface area is 98.8 Å². The van der Waals surface area contributed by atoms with E-state index in [2.05, 4.69) is 18.9 Å². The first kappa shape index (κ1) is 13.5. The number of carbonyl (C=O) groups is 1. The van der Waals surface area contributed by atoms with Gasteiger partial charge in [0, 0.05) is 32.6 Å². The van der Waals surface area contributed by atoms with E-state index in [-0.39, 0.29) is 5.91 Å². The van der Waals surface area contributed by atoms with Crippen LogP contribution in [0, 0.1) is 5.92 Å². The molecule has 1 rings (SSSR count). The molecule has 0 spiro atoms. The second kappa shape index (κ2) is 6.86. The molecule has 2 N–H and O–H groups in total. The molecular formula is C12H25N3O. The van der Waals surface area contributed by atoms with Gasteiger partial charge in [-0.15, -0.1) is 0 Å². The van der Waals surface area contributed by atoms with Crippen LogP contribution in [0.15, 0.2) is 0 Å². The molecule has 0 aromatic heterocycles. The van der Waals surface area contributed by atoms with Crippen LogP contribution in [0.3, 0.4) is 0 Å². The summed E-state index contributed by atoms with van der Waals surface area (Å²) in [5.41, 5.74) is 5.40. The molecule has 0 bridgehead atoms. The fourth-order valence-corrected chi connectivity index (χ4v) is 2.40. The van der Waals surface area contributed by atoms with E-state index in [4.69, 9.17) is 5.73 Å². The maximum absolute atomic E-state index is 11.6. The lowest BCUT2D eigenvalue weighted by Gasteiger charge is -2.21. The van der Waals surface area contributed by atoms with Gasteiger partial charge >= 0.3 is 0 Å². The molecule has 1 amide bonds. The first-order chi connectivity index (χ1) is 7.67. The fraction of sp³-hybridized carbons (Fsp3) is 0.917. The highest BCUT2D eigenvalue weighted by Gasteiger charge is 2.26. The van der Waals surface area contributed by atoms with E-state index in [0.29, 0.717) is 18.9 Å². The van der Waals surface area contributed by atoms with Crippen LogP contribution in [0.4, 0.5) is 0 Å². The average Bonchev–Trinajstić information content (AvgIpc) is 2.67. The lowest BCUT2D eigenvalue weighted by molar-refractivity contribution is -0.130. The largest absolute Gasteiger partial charge is 0.342 e. The first-order valence-electron chi connectivity index (χ1n) is 6.33. The number of likely N-dealkylation sites (tertiary alicyclic amines) is 1. The molecule has 1 saturated heterocycles. The van der Waals surface area contributed by atoms with E-state index in [1.165, 1.54) is 6.42 Å². The molecule has 1 aliphatic rings. The van der Waals surface area contributed by atoms with Crippen molar-refractivity contribution in [3.05, 3.63) is 0 Å². The van der Waals surface area contributed by atoms with E-state index >= 15 is 0 Å². The van der Waals surface area contributed by atoms with Gasteiger partial charge in [0.25, 0.3) is 0 Å². The zero-order chi connectivity index (χ0) is 12.0. The fourth-order valence-electron chi connectivity index (χ4n) is 2.40. The minimum Gasteiger partial charge on any atom is -0.342 e. The van der Waals surface area contributed by atoms with Crippen molar-refractivity contribution in [2.24, 2.45) is 11.7 Å². The number of amides is 1. The van der Waals surface area contributed by atoms with E-state index in [9.17, 15) is 4.79 Å². The smallest absolute Gasteiger partial charge is 0.223 e. The third kappa shape index (κ3) is 4.10. The summed E-state index contributed by atoms with van der Waals surface area (Å²) in [7, 11) is 2.16. The summed E-state index contributed by atoms with van der Waals surface area (Å²) in [4.78, 5) is 16.0. The van der Waals surface area contributed by atoms with Gasteiger partial charge in [0.05, 0.1) is 0 Å². The maximum atomic E-state index is 11.6. The molecule has 0 saturated carbocycles. The molecule has 0 radical (unpaired) electrons. The Bertz CT molecular complexity index is 220. The van der Waals surface area contributed by atoms with Crippen molar-refractivity contribution in [3.8, 4) is 0 Å². The highest BCUT2D eigenvalue weighted by atomic mass is 16.2. The molecule has 1 atom stereocenters. The molecular weight excluding hydrogens is 202 g/mol. The number of rotatable bonds is 6. The zero-order valence-corrected chi connectivity index (χ0v) is 10.6. The van der Waals surface area contributed by atoms with E-state index in [1.807, 2.05) is 4.90 Å². The molecule has 0 aromatic carbocycles. The normalized spacial score (nSPS) is 20.8. The van der Waals surface area contributed by atoms with Gasteiger partial charge in [-0.2, -0.15) is 0 Å². The maximum Gasteiger partial charge on any atom is 0.223 e. The van der Waals surface area contributed by atoms with Crippen molar-refractivity contribution in [3.63, 3.8) is 0 Å². The van der Waals surface area contributed by atoms with Crippen LogP contribution in [0.1, 0.15) is 26.2 Å². The predicted octanol–water partition coefficient (Wildman–Crippen LogP) is 0.526. The summed E-state index contributed by atoms with van der Waals surface area (Å²) >= 11 is 0. The molecule has 94 valence electrons. The van der Waals surface area contributed by atoms with Crippen LogP contribution in [-0.2, 0) is 4.79 Å². The standard InChI is InChI=1S/C12H25N3O/c1-3-7-14(2)9-11-5-8-15(10-11)12(16)4-6-13/h11H,3-10,13H2,1-2H3. The summed E-state index contributed by atoms with van der Waals surface area (Å²) in [6.45, 7) is 6.77. The SMILES string of the molecule is CCCN(C)CC1CCN(C(=O)CCN)C1. The predicted molar refractivity (Wildman–Crippen MR) is 66.1 cm³/mol. The van der Waals surface area contributed by atoms with Crippen molar-refractivity contribution in [2.75, 3.05) is 39.8 Å². The Kier molecular flexibility index (Phi) is 5.77. The summed E-state index contributed by atoms with van der Waals surface area (Å²) in [5, 5.41) is 0. The Morgan fingerprint density at radius 3 is 2.94 bits per heavy atom. The van der Waals surface area contributed by atoms with Crippen LogP contribution >= 0.6 is 0 Å². The third-order valence-corrected chi connectivity index (χ3v) is 3.17. The number of hydrogen-bond acceptors (Lipinski definition) is 3. The molecule has 1 heterocycles. The Balaban J connectivity index is 2.26. The zero-order valence-electron chi connectivity index (χ0n) is 10.6. The molecule has 1 fully saturated rings. The molecule has 4 nitrogen and oxygen atoms in total. The topological polar surface area (TPSA) is 49.6 Å². The van der Waals surface area contributed by atoms with E-state index in [0.717, 1.165) is 32.6 Å². The molecule has 0 aromatic rings. The van der Waals surface area contributed by atoms with Gasteiger partial charge < -0.3 is 15.5 Å². The van der Waals surface area contributed by atoms with Crippen LogP contribution in [0.2, 0.25) is 0 Å². The monoisotopic (exact) mass is 227 g/mol. The Morgan fingerprint density at radius 1 is 1.56 bits per heavy atom. The number of nitrogens with two attached hydrogens (primary N) is 1. The van der Waals surface area contributed by atoms with Crippen molar-refractivity contribution in [2.45, 2.75) is 26.2 Å². The summed E-state index contributed by atoms with van der Waals surface area (Å²) in [6.07, 6.45) is 2.83. The minimum atomic E-state index is 0.225. The number of nitrogens with zero attached hydrogens (tertiary/aromatic N) is 2. The average molecular weight is 227 g/mol. The first-order valence-corrected chi connectivity index (χ1v) is 6.33. The molecule has 4 heteroatoms. The van der Waals surface area contributed by atoms with Crippen molar-refractivity contribution >= 4 is 5.91 Å². The number of hydrogen-bond donors (Lipinski definition) is 1. The van der Waals surface area contributed by atoms with Crippen molar-refractivity contribution < 1.29 is 4.79 Å². The Morgan fingerprint density at radius 2 is 2.31 bits per heavy atom. The number of carbonyl (C=O) groups excluding carboxylic acids is 1. The summed E-state index contributed by atoms with van der Waals surface area (Å²) in [6, 6.07) is 0. The van der Waals surface area contributed by atoms with Crippen LogP contribution in [0.25, 0.3) is 0 Å². The second-order valence-electron chi connectivity index (χ2n) is 4.80. The highest BCUT2D eigenvalue weighted by molar-refractivity contribution is 5.76. The van der Waals surface area contributed by atoms with Gasteiger partial charge in [-0.3, -0.25) is 4.79 Å². The van der Waals surface area contributed by atoms with Gasteiger partial charge in [-0.1, -0.05) is 6.92 Å². The van der Waals surface area contributed by atoms with Crippen LogP contribution in [-0.4, -0.2) is 55.5 Å². The van der Waals surface area contributed by atoms with Crippen molar-refractivity contribution in [1.82, 2.24) is 9.80 Å². The summed E-state index contributed by atoms with van der Waals surface area (Å²) in [5.74, 6) is 0.876. The molecule has 1 aliphatic heterocycles. The third-order valence-electron chi connectivity index (χ3n) is 3.17. The van der Waals surface area contributed by atoms with E-state index in [1.54, 1.807) is 0 Å². The van der Waals surface area contributed by atoms with Gasteiger partial charge in [0.15, 0.2) is 0 Å². The van der Waals surface area contributed by atoms with Gasteiger partial charge in [-0.05, 0) is 32.4 Å². The summed E-state index contributed by atoms with van der Waals surface area (Å²) < 4.78 is 0. The highest BCUT2D eigenvalue weighted by Crippen LogP contribution is 2.17. The molecule has 16 heavy (non-hydrogen) atoms. The van der Waals surface area contributed by atoms with Crippen LogP contribution in [0.5, 0.6) is 0 Å². The molecule has 0 aliphatic carbocycles. The van der Waals surface area contributed by atoms with Gasteiger partial charge in [0.2, 0.25) is 5.91 Å². The lowest BCUT2D eigenvalue weighted by atomic mass is 10.1. The van der Waals surface area contributed by atoms with E-state index < -0.39 is 0 Å². The molecule has 1 unspecified atom stereocenters. The van der Waals surface area contributed by atoms with Gasteiger partial charge in [0.1, 0.15) is 0 Å². The van der Waals surface area contributed by atoms with Crippen molar-refractivity contribution in [1.29, 1.82) is 0 Å². The Hall–Kier alpha value is -0.610. The van der Waals surface area contributed by atoms with Crippen LogP contribution < -0.4 is 5.73 Å². The lowest BCUT2D eigenvalue weighted by Crippen LogP contribution is -2.32. The quantitative estimate of drug-likeness (QED) is 0.720. The minimum absolute atomic E-state index is 0.225. The van der Waals surface area contributed by atoms with Gasteiger partial charge in [-0.25, -0.2) is 0 Å². The second-order valence-corrected chi connectivity index (χ2v) is 4.80.